The standard InChI is InChI=1S/C14H22N2O4S.ClH/c1-11(15)7-9-16-14(17)8-10-20-12-3-5-13(6-4-12)21(2,18)19;/h3-6,11H,7-10,15H2,1-2H3,(H,16,17);1H. The highest BCUT2D eigenvalue weighted by molar-refractivity contribution is 7.90. The molecule has 1 amide bonds. The van der Waals surface area contributed by atoms with E-state index < -0.39 is 9.84 Å². The van der Waals surface area contributed by atoms with Crippen LogP contribution in [0.1, 0.15) is 19.8 Å². The first-order valence-electron chi connectivity index (χ1n) is 6.74. The van der Waals surface area contributed by atoms with Gasteiger partial charge in [-0.15, -0.1) is 12.4 Å². The van der Waals surface area contributed by atoms with Crippen molar-refractivity contribution in [3.05, 3.63) is 24.3 Å². The number of nitrogens with one attached hydrogen (secondary N) is 1. The van der Waals surface area contributed by atoms with Gasteiger partial charge >= 0.3 is 0 Å². The minimum atomic E-state index is -3.20. The molecular weight excluding hydrogens is 328 g/mol. The van der Waals surface area contributed by atoms with Crippen molar-refractivity contribution >= 4 is 28.2 Å². The molecule has 1 aromatic rings. The van der Waals surface area contributed by atoms with Crippen LogP contribution in [0, 0.1) is 0 Å². The molecule has 0 saturated carbocycles. The normalized spacial score (nSPS) is 12.1. The van der Waals surface area contributed by atoms with Crippen molar-refractivity contribution in [2.75, 3.05) is 19.4 Å². The van der Waals surface area contributed by atoms with Gasteiger partial charge in [-0.3, -0.25) is 4.79 Å². The number of amides is 1. The van der Waals surface area contributed by atoms with Crippen molar-refractivity contribution < 1.29 is 17.9 Å². The fraction of sp³-hybridized carbons (Fsp3) is 0.500. The number of hydrogen-bond donors (Lipinski definition) is 2. The van der Waals surface area contributed by atoms with Gasteiger partial charge in [-0.2, -0.15) is 0 Å². The molecule has 0 bridgehead atoms. The SMILES string of the molecule is CC(N)CCNC(=O)CCOc1ccc(S(C)(=O)=O)cc1.Cl. The minimum Gasteiger partial charge on any atom is -0.493 e. The largest absolute Gasteiger partial charge is 0.493 e. The number of carbonyl (C=O) groups excluding carboxylic acids is 1. The van der Waals surface area contributed by atoms with Crippen LogP contribution < -0.4 is 15.8 Å². The number of nitrogens with two attached hydrogens (primary N) is 1. The Morgan fingerprint density at radius 3 is 2.41 bits per heavy atom. The van der Waals surface area contributed by atoms with Gasteiger partial charge < -0.3 is 15.8 Å². The van der Waals surface area contributed by atoms with Crippen LogP contribution in [0.2, 0.25) is 0 Å². The van der Waals surface area contributed by atoms with E-state index in [4.69, 9.17) is 10.5 Å². The predicted molar refractivity (Wildman–Crippen MR) is 88.2 cm³/mol. The first-order chi connectivity index (χ1) is 9.79. The zero-order valence-electron chi connectivity index (χ0n) is 12.7. The molecule has 8 heteroatoms. The molecule has 0 aromatic heterocycles. The summed E-state index contributed by atoms with van der Waals surface area (Å²) >= 11 is 0. The van der Waals surface area contributed by atoms with Crippen LogP contribution in [0.5, 0.6) is 5.75 Å². The maximum atomic E-state index is 11.5. The molecule has 126 valence electrons. The quantitative estimate of drug-likeness (QED) is 0.732. The van der Waals surface area contributed by atoms with Gasteiger partial charge in [-0.05, 0) is 37.6 Å². The molecule has 1 rings (SSSR count). The Balaban J connectivity index is 0.00000441. The van der Waals surface area contributed by atoms with Crippen LogP contribution in [-0.4, -0.2) is 39.8 Å². The predicted octanol–water partition coefficient (Wildman–Crippen LogP) is 1.13. The van der Waals surface area contributed by atoms with Crippen molar-refractivity contribution in [2.24, 2.45) is 5.73 Å². The molecule has 0 fully saturated rings. The summed E-state index contributed by atoms with van der Waals surface area (Å²) in [5, 5.41) is 2.75. The molecule has 6 nitrogen and oxygen atoms in total. The maximum Gasteiger partial charge on any atom is 0.223 e. The summed E-state index contributed by atoms with van der Waals surface area (Å²) in [6.07, 6.45) is 2.13. The Labute approximate surface area is 137 Å². The topological polar surface area (TPSA) is 98.5 Å². The highest BCUT2D eigenvalue weighted by Crippen LogP contribution is 2.15. The Morgan fingerprint density at radius 1 is 1.32 bits per heavy atom. The summed E-state index contributed by atoms with van der Waals surface area (Å²) in [6, 6.07) is 6.17. The molecule has 0 spiro atoms. The average Bonchev–Trinajstić information content (AvgIpc) is 2.38. The summed E-state index contributed by atoms with van der Waals surface area (Å²) in [7, 11) is -3.20. The molecule has 3 N–H and O–H groups in total. The van der Waals surface area contributed by atoms with E-state index >= 15 is 0 Å². The van der Waals surface area contributed by atoms with Gasteiger partial charge in [-0.1, -0.05) is 0 Å². The van der Waals surface area contributed by atoms with Crippen molar-refractivity contribution in [1.29, 1.82) is 0 Å². The monoisotopic (exact) mass is 350 g/mol. The van der Waals surface area contributed by atoms with Crippen LogP contribution in [0.3, 0.4) is 0 Å². The van der Waals surface area contributed by atoms with Gasteiger partial charge in [-0.25, -0.2) is 8.42 Å². The van der Waals surface area contributed by atoms with E-state index in [2.05, 4.69) is 5.32 Å². The van der Waals surface area contributed by atoms with Gasteiger partial charge in [0.1, 0.15) is 5.75 Å². The highest BCUT2D eigenvalue weighted by Gasteiger charge is 2.07. The molecule has 0 radical (unpaired) electrons. The third-order valence-corrected chi connectivity index (χ3v) is 3.90. The van der Waals surface area contributed by atoms with Gasteiger partial charge in [0.05, 0.1) is 17.9 Å². The summed E-state index contributed by atoms with van der Waals surface area (Å²) in [5.41, 5.74) is 5.58. The number of halogens is 1. The van der Waals surface area contributed by atoms with Crippen LogP contribution in [0.15, 0.2) is 29.2 Å². The lowest BCUT2D eigenvalue weighted by Gasteiger charge is -2.09. The van der Waals surface area contributed by atoms with Crippen molar-refractivity contribution in [2.45, 2.75) is 30.7 Å². The Bertz CT molecular complexity index is 559. The van der Waals surface area contributed by atoms with Crippen molar-refractivity contribution in [3.63, 3.8) is 0 Å². The number of ether oxygens (including phenoxy) is 1. The Morgan fingerprint density at radius 2 is 1.91 bits per heavy atom. The van der Waals surface area contributed by atoms with Gasteiger partial charge in [0.15, 0.2) is 9.84 Å². The Kier molecular flexibility index (Phi) is 9.08. The number of sulfone groups is 1. The maximum absolute atomic E-state index is 11.5. The van der Waals surface area contributed by atoms with Crippen LogP contribution >= 0.6 is 12.4 Å². The third kappa shape index (κ3) is 8.21. The molecule has 22 heavy (non-hydrogen) atoms. The average molecular weight is 351 g/mol. The Hall–Kier alpha value is -1.31. The van der Waals surface area contributed by atoms with Crippen LogP contribution in [0.25, 0.3) is 0 Å². The second-order valence-electron chi connectivity index (χ2n) is 4.96. The number of benzene rings is 1. The number of rotatable bonds is 8. The van der Waals surface area contributed by atoms with E-state index in [-0.39, 0.29) is 42.3 Å². The molecule has 0 saturated heterocycles. The number of hydrogen-bond acceptors (Lipinski definition) is 5. The second kappa shape index (κ2) is 9.66. The molecule has 0 aliphatic heterocycles. The van der Waals surface area contributed by atoms with E-state index in [1.165, 1.54) is 12.1 Å². The van der Waals surface area contributed by atoms with E-state index in [0.29, 0.717) is 12.3 Å². The van der Waals surface area contributed by atoms with Crippen molar-refractivity contribution in [3.8, 4) is 5.75 Å². The van der Waals surface area contributed by atoms with E-state index in [9.17, 15) is 13.2 Å². The summed E-state index contributed by atoms with van der Waals surface area (Å²) in [4.78, 5) is 11.7. The smallest absolute Gasteiger partial charge is 0.223 e. The lowest BCUT2D eigenvalue weighted by molar-refractivity contribution is -0.121. The highest BCUT2D eigenvalue weighted by atomic mass is 35.5. The summed E-state index contributed by atoms with van der Waals surface area (Å²) in [6.45, 7) is 2.68. The van der Waals surface area contributed by atoms with E-state index in [0.717, 1.165) is 12.7 Å². The molecule has 1 unspecified atom stereocenters. The number of carbonyl (C=O) groups is 1. The first kappa shape index (κ1) is 20.7. The lowest BCUT2D eigenvalue weighted by atomic mass is 10.2. The van der Waals surface area contributed by atoms with Gasteiger partial charge in [0.25, 0.3) is 0 Å². The zero-order valence-corrected chi connectivity index (χ0v) is 14.4. The second-order valence-corrected chi connectivity index (χ2v) is 6.97. The zero-order chi connectivity index (χ0) is 15.9. The molecule has 0 heterocycles. The summed E-state index contributed by atoms with van der Waals surface area (Å²) in [5.74, 6) is 0.439. The van der Waals surface area contributed by atoms with E-state index in [1.54, 1.807) is 12.1 Å². The first-order valence-corrected chi connectivity index (χ1v) is 8.63. The van der Waals surface area contributed by atoms with Crippen LogP contribution in [-0.2, 0) is 14.6 Å². The van der Waals surface area contributed by atoms with Crippen LogP contribution in [0.4, 0.5) is 0 Å². The molecule has 0 aliphatic rings. The fourth-order valence-corrected chi connectivity index (χ4v) is 2.20. The minimum absolute atomic E-state index is 0. The van der Waals surface area contributed by atoms with Gasteiger partial charge in [0, 0.05) is 18.8 Å². The molecular formula is C14H23ClN2O4S. The third-order valence-electron chi connectivity index (χ3n) is 2.77. The fourth-order valence-electron chi connectivity index (χ4n) is 1.57. The molecule has 1 atom stereocenters. The summed E-state index contributed by atoms with van der Waals surface area (Å²) < 4.78 is 28.0. The van der Waals surface area contributed by atoms with Gasteiger partial charge in [0.2, 0.25) is 5.91 Å². The van der Waals surface area contributed by atoms with E-state index in [1.807, 2.05) is 6.92 Å². The van der Waals surface area contributed by atoms with Crippen molar-refractivity contribution in [1.82, 2.24) is 5.32 Å². The molecule has 1 aromatic carbocycles. The lowest BCUT2D eigenvalue weighted by Crippen LogP contribution is -2.29. The molecule has 0 aliphatic carbocycles.